The Morgan fingerprint density at radius 2 is 2.04 bits per heavy atom. The molecule has 122 valence electrons. The molecule has 6 nitrogen and oxygen atoms in total. The highest BCUT2D eigenvalue weighted by atomic mass is 16.5. The number of nitrogens with zero attached hydrogens (tertiary/aromatic N) is 2. The molecular weight excluding hydrogens is 296 g/mol. The number of phenols is 1. The van der Waals surface area contributed by atoms with Gasteiger partial charge >= 0.3 is 0 Å². The van der Waals surface area contributed by atoms with Crippen LogP contribution in [0.2, 0.25) is 0 Å². The van der Waals surface area contributed by atoms with Crippen LogP contribution in [0.3, 0.4) is 0 Å². The second kappa shape index (κ2) is 6.42. The molecule has 1 aliphatic heterocycles. The zero-order valence-electron chi connectivity index (χ0n) is 13.1. The Bertz CT molecular complexity index is 804. The van der Waals surface area contributed by atoms with Gasteiger partial charge in [-0.25, -0.2) is 0 Å². The van der Waals surface area contributed by atoms with E-state index < -0.39 is 0 Å². The van der Waals surface area contributed by atoms with Gasteiger partial charge in [-0.2, -0.15) is 0 Å². The van der Waals surface area contributed by atoms with Gasteiger partial charge in [0, 0.05) is 11.9 Å². The smallest absolute Gasteiger partial charge is 0.266 e. The maximum atomic E-state index is 11.6. The first-order chi connectivity index (χ1) is 11.1. The Balaban J connectivity index is 2.12. The minimum atomic E-state index is -0.242. The molecule has 2 N–H and O–H groups in total. The fourth-order valence-corrected chi connectivity index (χ4v) is 3.06. The zero-order chi connectivity index (χ0) is 16.4. The molecule has 3 rings (SSSR count). The van der Waals surface area contributed by atoms with Crippen LogP contribution in [0, 0.1) is 0 Å². The molecule has 0 unspecified atom stereocenters. The average molecular weight is 316 g/mol. The van der Waals surface area contributed by atoms with Crippen LogP contribution in [0.5, 0.6) is 5.75 Å². The van der Waals surface area contributed by atoms with Gasteiger partial charge in [-0.15, -0.1) is 0 Å². The number of carbonyl (C=O) groups is 1. The van der Waals surface area contributed by atoms with Crippen LogP contribution < -0.4 is 5.55 Å². The molecule has 0 bridgehead atoms. The van der Waals surface area contributed by atoms with Crippen molar-refractivity contribution in [3.8, 4) is 5.75 Å². The van der Waals surface area contributed by atoms with E-state index in [2.05, 4.69) is 10.1 Å². The minimum Gasteiger partial charge on any atom is -0.507 e. The number of Topliss-reactive ketones (excluding diaryl/α,β-unsaturated/α-hetero) is 1. The molecule has 0 spiro atoms. The number of hydrogen-bond donors (Lipinski definition) is 2. The third kappa shape index (κ3) is 3.07. The van der Waals surface area contributed by atoms with E-state index in [1.165, 1.54) is 13.3 Å². The number of ketones is 1. The lowest BCUT2D eigenvalue weighted by Gasteiger charge is -2.26. The quantitative estimate of drug-likeness (QED) is 0.516. The Morgan fingerprint density at radius 3 is 2.70 bits per heavy atom. The summed E-state index contributed by atoms with van der Waals surface area (Å²) in [5.41, 5.74) is 1.20. The summed E-state index contributed by atoms with van der Waals surface area (Å²) in [6.07, 6.45) is 3.53. The lowest BCUT2D eigenvalue weighted by Crippen LogP contribution is -2.29. The van der Waals surface area contributed by atoms with Crippen molar-refractivity contribution in [3.63, 3.8) is 0 Å². The lowest BCUT2D eigenvalue weighted by atomic mass is 10.0. The second-order valence-electron chi connectivity index (χ2n) is 5.94. The summed E-state index contributed by atoms with van der Waals surface area (Å²) in [7, 11) is 0. The van der Waals surface area contributed by atoms with Gasteiger partial charge in [-0.05, 0) is 56.2 Å². The molecule has 1 saturated heterocycles. The molecule has 2 aromatic rings. The topological polar surface area (TPSA) is 86.3 Å². The van der Waals surface area contributed by atoms with Crippen molar-refractivity contribution in [2.24, 2.45) is 5.16 Å². The van der Waals surface area contributed by atoms with Gasteiger partial charge in [-0.1, -0.05) is 6.42 Å². The first-order valence-electron chi connectivity index (χ1n) is 7.80. The molecule has 6 heteroatoms. The molecule has 1 aromatic heterocycles. The number of piperidine rings is 1. The molecule has 0 radical (unpaired) electrons. The molecule has 2 heterocycles. The summed E-state index contributed by atoms with van der Waals surface area (Å²) < 4.78 is 5.63. The van der Waals surface area contributed by atoms with E-state index in [4.69, 9.17) is 9.62 Å². The summed E-state index contributed by atoms with van der Waals surface area (Å²) in [4.78, 5) is 13.9. The summed E-state index contributed by atoms with van der Waals surface area (Å²) in [6, 6.07) is 4.94. The largest absolute Gasteiger partial charge is 0.507 e. The highest BCUT2D eigenvalue weighted by Crippen LogP contribution is 2.29. The zero-order valence-corrected chi connectivity index (χ0v) is 13.1. The van der Waals surface area contributed by atoms with Gasteiger partial charge in [0.1, 0.15) is 11.3 Å². The van der Waals surface area contributed by atoms with Crippen LogP contribution in [0.15, 0.2) is 27.8 Å². The predicted molar refractivity (Wildman–Crippen MR) is 84.4 cm³/mol. The van der Waals surface area contributed by atoms with Crippen molar-refractivity contribution in [2.45, 2.75) is 32.7 Å². The highest BCUT2D eigenvalue weighted by molar-refractivity contribution is 5.97. The summed E-state index contributed by atoms with van der Waals surface area (Å²) >= 11 is 0. The van der Waals surface area contributed by atoms with Crippen LogP contribution in [0.25, 0.3) is 11.0 Å². The van der Waals surface area contributed by atoms with Crippen LogP contribution in [0.4, 0.5) is 0 Å². The van der Waals surface area contributed by atoms with Crippen molar-refractivity contribution in [1.29, 1.82) is 0 Å². The molecule has 0 aliphatic carbocycles. The van der Waals surface area contributed by atoms with Gasteiger partial charge < -0.3 is 14.7 Å². The SMILES string of the molecule is CC(=O)c1cc2ccc(O)c(CN3CCCCC3)c2oc1=NO. The Morgan fingerprint density at radius 1 is 1.30 bits per heavy atom. The molecule has 23 heavy (non-hydrogen) atoms. The third-order valence-electron chi connectivity index (χ3n) is 4.30. The maximum absolute atomic E-state index is 11.6. The summed E-state index contributed by atoms with van der Waals surface area (Å²) in [6.45, 7) is 3.93. The number of likely N-dealkylation sites (tertiary alicyclic amines) is 1. The van der Waals surface area contributed by atoms with Gasteiger partial charge in [0.2, 0.25) is 0 Å². The van der Waals surface area contributed by atoms with Crippen molar-refractivity contribution >= 4 is 16.8 Å². The fraction of sp³-hybridized carbons (Fsp3) is 0.412. The number of hydrogen-bond acceptors (Lipinski definition) is 6. The van der Waals surface area contributed by atoms with Crippen molar-refractivity contribution in [2.75, 3.05) is 13.1 Å². The molecule has 1 fully saturated rings. The van der Waals surface area contributed by atoms with Gasteiger partial charge in [-0.3, -0.25) is 9.69 Å². The standard InChI is InChI=1S/C17H20N2O4/c1-11(20)13-9-12-5-6-15(21)14(16(12)23-17(13)18-22)10-19-7-3-2-4-8-19/h5-6,9,21-22H,2-4,7-8,10H2,1H3. The van der Waals surface area contributed by atoms with Crippen molar-refractivity contribution < 1.29 is 19.5 Å². The van der Waals surface area contributed by atoms with Crippen LogP contribution in [0.1, 0.15) is 42.1 Å². The normalized spacial score (nSPS) is 16.8. The van der Waals surface area contributed by atoms with E-state index >= 15 is 0 Å². The van der Waals surface area contributed by atoms with E-state index in [0.717, 1.165) is 25.9 Å². The molecular formula is C17H20N2O4. The lowest BCUT2D eigenvalue weighted by molar-refractivity contribution is 0.101. The van der Waals surface area contributed by atoms with E-state index in [1.54, 1.807) is 18.2 Å². The second-order valence-corrected chi connectivity index (χ2v) is 5.94. The van der Waals surface area contributed by atoms with E-state index in [1.807, 2.05) is 0 Å². The average Bonchev–Trinajstić information content (AvgIpc) is 2.57. The predicted octanol–water partition coefficient (Wildman–Crippen LogP) is 2.62. The van der Waals surface area contributed by atoms with E-state index in [-0.39, 0.29) is 22.7 Å². The molecule has 1 aliphatic rings. The summed E-state index contributed by atoms with van der Waals surface area (Å²) in [5.74, 6) is -0.0969. The molecule has 0 amide bonds. The van der Waals surface area contributed by atoms with Crippen LogP contribution in [-0.2, 0) is 6.54 Å². The Labute approximate surface area is 133 Å². The van der Waals surface area contributed by atoms with E-state index in [0.29, 0.717) is 23.1 Å². The van der Waals surface area contributed by atoms with Gasteiger partial charge in [0.05, 0.1) is 11.1 Å². The molecule has 0 atom stereocenters. The maximum Gasteiger partial charge on any atom is 0.266 e. The van der Waals surface area contributed by atoms with Crippen LogP contribution in [-0.4, -0.2) is 34.1 Å². The molecule has 1 aromatic carbocycles. The van der Waals surface area contributed by atoms with Crippen molar-refractivity contribution in [1.82, 2.24) is 4.90 Å². The van der Waals surface area contributed by atoms with Gasteiger partial charge in [0.25, 0.3) is 5.55 Å². The first kappa shape index (κ1) is 15.6. The van der Waals surface area contributed by atoms with Gasteiger partial charge in [0.15, 0.2) is 5.78 Å². The van der Waals surface area contributed by atoms with Crippen LogP contribution >= 0.6 is 0 Å². The number of rotatable bonds is 3. The Kier molecular flexibility index (Phi) is 4.34. The number of aromatic hydroxyl groups is 1. The van der Waals surface area contributed by atoms with E-state index in [9.17, 15) is 9.90 Å². The number of carbonyl (C=O) groups excluding carboxylic acids is 1. The number of fused-ring (bicyclic) bond motifs is 1. The molecule has 0 saturated carbocycles. The summed E-state index contributed by atoms with van der Waals surface area (Å²) in [5, 5.41) is 23.1. The number of phenolic OH excluding ortho intramolecular Hbond substituents is 1. The first-order valence-corrected chi connectivity index (χ1v) is 7.80. The minimum absolute atomic E-state index is 0.129. The Hall–Kier alpha value is -2.34. The monoisotopic (exact) mass is 316 g/mol. The number of benzene rings is 1. The fourth-order valence-electron chi connectivity index (χ4n) is 3.06. The van der Waals surface area contributed by atoms with Crippen molar-refractivity contribution in [3.05, 3.63) is 34.9 Å². The highest BCUT2D eigenvalue weighted by Gasteiger charge is 2.18. The third-order valence-corrected chi connectivity index (χ3v) is 4.30.